The number of nitrogens with one attached hydrogen (secondary N) is 1. The predicted molar refractivity (Wildman–Crippen MR) is 68.6 cm³/mol. The molecule has 0 saturated carbocycles. The smallest absolute Gasteiger partial charge is 0.342 e. The van der Waals surface area contributed by atoms with Gasteiger partial charge in [-0.05, 0) is 19.1 Å². The molecule has 2 aromatic rings. The largest absolute Gasteiger partial charge is 0.477 e. The zero-order valence-corrected chi connectivity index (χ0v) is 10.4. The van der Waals surface area contributed by atoms with Gasteiger partial charge >= 0.3 is 11.7 Å². The van der Waals surface area contributed by atoms with E-state index < -0.39 is 22.1 Å². The van der Waals surface area contributed by atoms with Crippen molar-refractivity contribution < 1.29 is 19.2 Å². The van der Waals surface area contributed by atoms with E-state index in [1.807, 2.05) is 0 Å². The summed E-state index contributed by atoms with van der Waals surface area (Å²) in [5, 5.41) is 22.6. The van der Waals surface area contributed by atoms with Gasteiger partial charge in [0.25, 0.3) is 0 Å². The monoisotopic (exact) mass is 277 g/mol. The van der Waals surface area contributed by atoms with Crippen LogP contribution in [0.4, 0.5) is 11.5 Å². The first-order chi connectivity index (χ1) is 9.49. The van der Waals surface area contributed by atoms with E-state index in [4.69, 9.17) is 9.52 Å². The number of hydrogen-bond acceptors (Lipinski definition) is 6. The van der Waals surface area contributed by atoms with E-state index >= 15 is 0 Å². The third-order valence-electron chi connectivity index (χ3n) is 2.64. The molecule has 1 atom stereocenters. The van der Waals surface area contributed by atoms with Gasteiger partial charge in [-0.25, -0.2) is 9.78 Å². The van der Waals surface area contributed by atoms with Crippen LogP contribution in [0.5, 0.6) is 0 Å². The van der Waals surface area contributed by atoms with Gasteiger partial charge in [0, 0.05) is 6.07 Å². The van der Waals surface area contributed by atoms with Crippen molar-refractivity contribution in [3.8, 4) is 0 Å². The highest BCUT2D eigenvalue weighted by atomic mass is 16.6. The SMILES string of the molecule is CC(Nc1cc(C(=O)O)c([N+](=O)[O-])cn1)c1ccco1. The Bertz CT molecular complexity index is 639. The Morgan fingerprint density at radius 1 is 1.60 bits per heavy atom. The second kappa shape index (κ2) is 5.39. The summed E-state index contributed by atoms with van der Waals surface area (Å²) in [6.45, 7) is 1.79. The van der Waals surface area contributed by atoms with Crippen molar-refractivity contribution in [2.75, 3.05) is 5.32 Å². The number of aromatic carboxylic acids is 1. The number of aromatic nitrogens is 1. The molecule has 0 aliphatic carbocycles. The van der Waals surface area contributed by atoms with Gasteiger partial charge in [-0.2, -0.15) is 0 Å². The maximum atomic E-state index is 11.0. The predicted octanol–water partition coefficient (Wildman–Crippen LogP) is 2.45. The average molecular weight is 277 g/mol. The molecule has 2 N–H and O–H groups in total. The standard InChI is InChI=1S/C12H11N3O5/c1-7(10-3-2-4-20-10)14-11-5-8(12(16)17)9(6-13-11)15(18)19/h2-7H,1H3,(H,13,14)(H,16,17). The van der Waals surface area contributed by atoms with Gasteiger partial charge in [-0.3, -0.25) is 10.1 Å². The number of nitro groups is 1. The maximum absolute atomic E-state index is 11.0. The summed E-state index contributed by atoms with van der Waals surface area (Å²) in [4.78, 5) is 24.8. The molecule has 0 aromatic carbocycles. The van der Waals surface area contributed by atoms with Crippen LogP contribution in [0.25, 0.3) is 0 Å². The van der Waals surface area contributed by atoms with Crippen molar-refractivity contribution in [1.29, 1.82) is 0 Å². The zero-order valence-electron chi connectivity index (χ0n) is 10.4. The summed E-state index contributed by atoms with van der Waals surface area (Å²) in [6.07, 6.45) is 2.43. The highest BCUT2D eigenvalue weighted by Gasteiger charge is 2.21. The quantitative estimate of drug-likeness (QED) is 0.636. The Labute approximate surface area is 113 Å². The lowest BCUT2D eigenvalue weighted by Crippen LogP contribution is -2.10. The van der Waals surface area contributed by atoms with E-state index in [9.17, 15) is 14.9 Å². The van der Waals surface area contributed by atoms with Crippen LogP contribution in [0, 0.1) is 10.1 Å². The van der Waals surface area contributed by atoms with E-state index in [2.05, 4.69) is 10.3 Å². The number of carboxylic acid groups (broad SMARTS) is 1. The van der Waals surface area contributed by atoms with Gasteiger partial charge in [-0.1, -0.05) is 0 Å². The first-order valence-electron chi connectivity index (χ1n) is 5.66. The topological polar surface area (TPSA) is 118 Å². The van der Waals surface area contributed by atoms with Gasteiger partial charge in [-0.15, -0.1) is 0 Å². The summed E-state index contributed by atoms with van der Waals surface area (Å²) >= 11 is 0. The van der Waals surface area contributed by atoms with E-state index in [1.54, 1.807) is 19.1 Å². The van der Waals surface area contributed by atoms with Crippen molar-refractivity contribution in [1.82, 2.24) is 4.98 Å². The lowest BCUT2D eigenvalue weighted by atomic mass is 10.2. The molecule has 1 unspecified atom stereocenters. The molecule has 8 nitrogen and oxygen atoms in total. The van der Waals surface area contributed by atoms with Crippen molar-refractivity contribution in [2.24, 2.45) is 0 Å². The van der Waals surface area contributed by atoms with E-state index in [1.165, 1.54) is 6.26 Å². The lowest BCUT2D eigenvalue weighted by molar-refractivity contribution is -0.385. The van der Waals surface area contributed by atoms with Crippen molar-refractivity contribution >= 4 is 17.5 Å². The van der Waals surface area contributed by atoms with E-state index in [0.717, 1.165) is 12.3 Å². The van der Waals surface area contributed by atoms with E-state index in [0.29, 0.717) is 5.76 Å². The Kier molecular flexibility index (Phi) is 3.65. The molecular weight excluding hydrogens is 266 g/mol. The van der Waals surface area contributed by atoms with Crippen LogP contribution in [0.15, 0.2) is 35.1 Å². The van der Waals surface area contributed by atoms with E-state index in [-0.39, 0.29) is 11.9 Å². The van der Waals surface area contributed by atoms with Crippen LogP contribution >= 0.6 is 0 Å². The molecule has 8 heteroatoms. The summed E-state index contributed by atoms with van der Waals surface area (Å²) in [5.74, 6) is -0.522. The molecule has 0 bridgehead atoms. The second-order valence-electron chi connectivity index (χ2n) is 4.03. The fourth-order valence-corrected chi connectivity index (χ4v) is 1.67. The Hall–Kier alpha value is -2.90. The molecule has 0 fully saturated rings. The number of carboxylic acids is 1. The maximum Gasteiger partial charge on any atom is 0.342 e. The van der Waals surface area contributed by atoms with Crippen molar-refractivity contribution in [2.45, 2.75) is 13.0 Å². The van der Waals surface area contributed by atoms with Crippen LogP contribution in [0.3, 0.4) is 0 Å². The van der Waals surface area contributed by atoms with Gasteiger partial charge in [0.1, 0.15) is 23.3 Å². The highest BCUT2D eigenvalue weighted by molar-refractivity contribution is 5.93. The van der Waals surface area contributed by atoms with Gasteiger partial charge < -0.3 is 14.8 Å². The number of pyridine rings is 1. The highest BCUT2D eigenvalue weighted by Crippen LogP contribution is 2.23. The number of anilines is 1. The van der Waals surface area contributed by atoms with Crippen LogP contribution in [0.2, 0.25) is 0 Å². The number of nitrogens with zero attached hydrogens (tertiary/aromatic N) is 2. The molecule has 20 heavy (non-hydrogen) atoms. The summed E-state index contributed by atoms with van der Waals surface area (Å²) in [6, 6.07) is 4.35. The minimum atomic E-state index is -1.38. The van der Waals surface area contributed by atoms with Crippen molar-refractivity contribution in [3.63, 3.8) is 0 Å². The third-order valence-corrected chi connectivity index (χ3v) is 2.64. The van der Waals surface area contributed by atoms with Crippen LogP contribution in [-0.4, -0.2) is 21.0 Å². The Balaban J connectivity index is 2.27. The summed E-state index contributed by atoms with van der Waals surface area (Å²) in [5.41, 5.74) is -0.965. The second-order valence-corrected chi connectivity index (χ2v) is 4.03. The zero-order chi connectivity index (χ0) is 14.7. The average Bonchev–Trinajstić information content (AvgIpc) is 2.92. The Morgan fingerprint density at radius 2 is 2.35 bits per heavy atom. The van der Waals surface area contributed by atoms with Crippen molar-refractivity contribution in [3.05, 3.63) is 52.1 Å². The molecule has 0 amide bonds. The van der Waals surface area contributed by atoms with Crippen LogP contribution < -0.4 is 5.32 Å². The normalized spacial score (nSPS) is 11.8. The van der Waals surface area contributed by atoms with Gasteiger partial charge in [0.05, 0.1) is 17.2 Å². The molecule has 0 spiro atoms. The number of hydrogen-bond donors (Lipinski definition) is 2. The first-order valence-corrected chi connectivity index (χ1v) is 5.66. The first kappa shape index (κ1) is 13.5. The summed E-state index contributed by atoms with van der Waals surface area (Å²) in [7, 11) is 0. The Morgan fingerprint density at radius 3 is 2.90 bits per heavy atom. The molecule has 2 aromatic heterocycles. The molecular formula is C12H11N3O5. The lowest BCUT2D eigenvalue weighted by Gasteiger charge is -2.12. The summed E-state index contributed by atoms with van der Waals surface area (Å²) < 4.78 is 5.19. The molecule has 2 heterocycles. The molecule has 0 saturated heterocycles. The fourth-order valence-electron chi connectivity index (χ4n) is 1.67. The minimum Gasteiger partial charge on any atom is -0.477 e. The number of carbonyl (C=O) groups is 1. The number of furan rings is 1. The van der Waals surface area contributed by atoms with Crippen LogP contribution in [0.1, 0.15) is 29.1 Å². The minimum absolute atomic E-state index is 0.219. The third kappa shape index (κ3) is 2.74. The molecule has 0 radical (unpaired) electrons. The molecule has 0 aliphatic heterocycles. The molecule has 2 rings (SSSR count). The van der Waals surface area contributed by atoms with Gasteiger partial charge in [0.15, 0.2) is 0 Å². The molecule has 104 valence electrons. The van der Waals surface area contributed by atoms with Crippen LogP contribution in [-0.2, 0) is 0 Å². The number of rotatable bonds is 5. The molecule has 0 aliphatic rings. The van der Waals surface area contributed by atoms with Gasteiger partial charge in [0.2, 0.25) is 0 Å². The fraction of sp³-hybridized carbons (Fsp3) is 0.167.